The van der Waals surface area contributed by atoms with Crippen molar-refractivity contribution in [1.82, 2.24) is 0 Å². The van der Waals surface area contributed by atoms with Crippen molar-refractivity contribution in [2.75, 3.05) is 20.3 Å². The van der Waals surface area contributed by atoms with E-state index >= 15 is 0 Å². The third-order valence-electron chi connectivity index (χ3n) is 3.47. The molecule has 0 aromatic rings. The third-order valence-corrected chi connectivity index (χ3v) is 4.93. The van der Waals surface area contributed by atoms with E-state index in [4.69, 9.17) is 19.3 Å². The lowest BCUT2D eigenvalue weighted by Gasteiger charge is -2.37. The Hall–Kier alpha value is -0.460. The molecule has 1 saturated heterocycles. The number of fused-ring (bicyclic) bond motifs is 1. The first kappa shape index (κ1) is 14.9. The molecule has 2 rings (SSSR count). The van der Waals surface area contributed by atoms with Gasteiger partial charge in [0.15, 0.2) is 0 Å². The Bertz CT molecular complexity index is 376. The lowest BCUT2D eigenvalue weighted by atomic mass is 9.87. The molecule has 1 aliphatic heterocycles. The topological polar surface area (TPSA) is 97.1 Å². The maximum Gasteiger partial charge on any atom is 0.475 e. The molecule has 8 heteroatoms. The second-order valence-electron chi connectivity index (χ2n) is 4.86. The summed E-state index contributed by atoms with van der Waals surface area (Å²) in [4.78, 5) is 11.1. The van der Waals surface area contributed by atoms with Gasteiger partial charge >= 0.3 is 13.8 Å². The molecule has 2 N–H and O–H groups in total. The van der Waals surface area contributed by atoms with E-state index in [1.165, 1.54) is 7.11 Å². The predicted octanol–water partition coefficient (Wildman–Crippen LogP) is 1.22. The normalized spacial score (nSPS) is 36.3. The van der Waals surface area contributed by atoms with Crippen LogP contribution in [0.15, 0.2) is 0 Å². The van der Waals surface area contributed by atoms with E-state index in [9.17, 15) is 9.36 Å². The zero-order valence-corrected chi connectivity index (χ0v) is 11.8. The van der Waals surface area contributed by atoms with E-state index in [-0.39, 0.29) is 18.6 Å². The molecule has 2 fully saturated rings. The van der Waals surface area contributed by atoms with Gasteiger partial charge in [0.2, 0.25) is 0 Å². The highest BCUT2D eigenvalue weighted by Crippen LogP contribution is 2.56. The van der Waals surface area contributed by atoms with Crippen molar-refractivity contribution in [3.05, 3.63) is 0 Å². The molecular weight excluding hydrogens is 273 g/mol. The summed E-state index contributed by atoms with van der Waals surface area (Å²) in [6.45, 7) is 0.122. The van der Waals surface area contributed by atoms with Crippen LogP contribution in [0.5, 0.6) is 0 Å². The van der Waals surface area contributed by atoms with Crippen molar-refractivity contribution in [1.29, 1.82) is 0 Å². The van der Waals surface area contributed by atoms with Crippen LogP contribution in [-0.2, 0) is 27.7 Å². The minimum Gasteiger partial charge on any atom is -0.468 e. The van der Waals surface area contributed by atoms with Gasteiger partial charge in [-0.05, 0) is 12.8 Å². The second-order valence-corrected chi connectivity index (χ2v) is 6.48. The fourth-order valence-corrected chi connectivity index (χ4v) is 3.87. The molecule has 1 saturated carbocycles. The van der Waals surface area contributed by atoms with Crippen LogP contribution >= 0.6 is 7.82 Å². The maximum atomic E-state index is 12.2. The number of rotatable bonds is 4. The Kier molecular flexibility index (Phi) is 4.97. The summed E-state index contributed by atoms with van der Waals surface area (Å²) in [5, 5.41) is 0. The summed E-state index contributed by atoms with van der Waals surface area (Å²) in [7, 11) is -2.37. The molecule has 0 amide bonds. The quantitative estimate of drug-likeness (QED) is 0.614. The highest BCUT2D eigenvalue weighted by molar-refractivity contribution is 7.48. The van der Waals surface area contributed by atoms with Gasteiger partial charge in [-0.3, -0.25) is 18.4 Å². The molecule has 110 valence electrons. The van der Waals surface area contributed by atoms with Crippen molar-refractivity contribution >= 4 is 13.8 Å². The highest BCUT2D eigenvalue weighted by Gasteiger charge is 2.42. The second kappa shape index (κ2) is 6.33. The van der Waals surface area contributed by atoms with Crippen molar-refractivity contribution in [3.8, 4) is 0 Å². The van der Waals surface area contributed by atoms with Crippen molar-refractivity contribution < 1.29 is 27.7 Å². The summed E-state index contributed by atoms with van der Waals surface area (Å²) >= 11 is 0. The molecule has 1 heterocycles. The summed E-state index contributed by atoms with van der Waals surface area (Å²) < 4.78 is 32.4. The van der Waals surface area contributed by atoms with Crippen LogP contribution in [0.2, 0.25) is 0 Å². The number of phosphoric ester groups is 1. The first-order valence-corrected chi connectivity index (χ1v) is 7.91. The van der Waals surface area contributed by atoms with E-state index < -0.39 is 19.8 Å². The average molecular weight is 293 g/mol. The molecule has 0 bridgehead atoms. The Labute approximate surface area is 112 Å². The maximum absolute atomic E-state index is 12.2. The first-order chi connectivity index (χ1) is 9.04. The number of ether oxygens (including phenoxy) is 1. The molecule has 7 nitrogen and oxygen atoms in total. The van der Waals surface area contributed by atoms with Gasteiger partial charge in [0, 0.05) is 5.92 Å². The molecule has 0 aromatic heterocycles. The van der Waals surface area contributed by atoms with Crippen LogP contribution in [0.3, 0.4) is 0 Å². The van der Waals surface area contributed by atoms with Gasteiger partial charge in [0.1, 0.15) is 6.04 Å². The van der Waals surface area contributed by atoms with E-state index in [0.29, 0.717) is 6.61 Å². The summed E-state index contributed by atoms with van der Waals surface area (Å²) in [6, 6.07) is -0.993. The SMILES string of the molecule is COC(=O)[C@@H](N)COP1(=O)OCC2CCCCC2O1. The average Bonchev–Trinajstić information content (AvgIpc) is 2.43. The van der Waals surface area contributed by atoms with Crippen LogP contribution in [0, 0.1) is 5.92 Å². The van der Waals surface area contributed by atoms with Crippen molar-refractivity contribution in [2.24, 2.45) is 11.7 Å². The molecule has 19 heavy (non-hydrogen) atoms. The first-order valence-electron chi connectivity index (χ1n) is 6.45. The Balaban J connectivity index is 1.86. The molecule has 3 unspecified atom stereocenters. The number of hydrogen-bond acceptors (Lipinski definition) is 7. The molecular formula is C11H20NO6P. The summed E-state index contributed by atoms with van der Waals surface area (Å²) in [5.41, 5.74) is 5.50. The van der Waals surface area contributed by atoms with E-state index in [1.54, 1.807) is 0 Å². The number of carbonyl (C=O) groups is 1. The number of methoxy groups -OCH3 is 1. The minimum atomic E-state index is -3.59. The molecule has 0 radical (unpaired) electrons. The zero-order chi connectivity index (χ0) is 13.9. The molecule has 2 aliphatic rings. The van der Waals surface area contributed by atoms with Crippen LogP contribution in [0.4, 0.5) is 0 Å². The van der Waals surface area contributed by atoms with Crippen molar-refractivity contribution in [2.45, 2.75) is 37.8 Å². The van der Waals surface area contributed by atoms with Crippen LogP contribution in [0.1, 0.15) is 25.7 Å². The van der Waals surface area contributed by atoms with Crippen LogP contribution in [-0.4, -0.2) is 38.4 Å². The molecule has 0 spiro atoms. The number of esters is 1. The Morgan fingerprint density at radius 2 is 2.21 bits per heavy atom. The summed E-state index contributed by atoms with van der Waals surface area (Å²) in [5.74, 6) is -0.340. The Morgan fingerprint density at radius 1 is 1.47 bits per heavy atom. The number of hydrogen-bond donors (Lipinski definition) is 1. The van der Waals surface area contributed by atoms with Gasteiger partial charge in [-0.15, -0.1) is 0 Å². The standard InChI is InChI=1S/C11H20NO6P/c1-15-11(13)9(12)7-17-19(14)16-6-8-4-2-3-5-10(8)18-19/h8-10H,2-7,12H2,1H3/t8?,9-,10?,19?/m0/s1. The van der Waals surface area contributed by atoms with Gasteiger partial charge < -0.3 is 10.5 Å². The highest BCUT2D eigenvalue weighted by atomic mass is 31.2. The van der Waals surface area contributed by atoms with Gasteiger partial charge in [0.25, 0.3) is 0 Å². The monoisotopic (exact) mass is 293 g/mol. The Morgan fingerprint density at radius 3 is 2.95 bits per heavy atom. The van der Waals surface area contributed by atoms with Gasteiger partial charge in [-0.2, -0.15) is 0 Å². The number of phosphoric acid groups is 1. The predicted molar refractivity (Wildman–Crippen MR) is 66.3 cm³/mol. The molecule has 4 atom stereocenters. The summed E-state index contributed by atoms with van der Waals surface area (Å²) in [6.07, 6.45) is 4.01. The van der Waals surface area contributed by atoms with Crippen molar-refractivity contribution in [3.63, 3.8) is 0 Å². The lowest BCUT2D eigenvalue weighted by molar-refractivity contribution is -0.143. The third kappa shape index (κ3) is 3.77. The largest absolute Gasteiger partial charge is 0.475 e. The van der Waals surface area contributed by atoms with Crippen LogP contribution < -0.4 is 5.73 Å². The number of nitrogens with two attached hydrogens (primary N) is 1. The smallest absolute Gasteiger partial charge is 0.468 e. The van der Waals surface area contributed by atoms with Gasteiger partial charge in [-0.1, -0.05) is 12.8 Å². The van der Waals surface area contributed by atoms with E-state index in [2.05, 4.69) is 4.74 Å². The van der Waals surface area contributed by atoms with Gasteiger partial charge in [-0.25, -0.2) is 4.57 Å². The minimum absolute atomic E-state index is 0.0808. The lowest BCUT2D eigenvalue weighted by Crippen LogP contribution is -2.38. The van der Waals surface area contributed by atoms with Crippen LogP contribution in [0.25, 0.3) is 0 Å². The zero-order valence-electron chi connectivity index (χ0n) is 10.9. The fourth-order valence-electron chi connectivity index (χ4n) is 2.35. The fraction of sp³-hybridized carbons (Fsp3) is 0.909. The number of carbonyl (C=O) groups excluding carboxylic acids is 1. The van der Waals surface area contributed by atoms with Gasteiger partial charge in [0.05, 0.1) is 26.4 Å². The molecule has 1 aliphatic carbocycles. The molecule has 0 aromatic carbocycles. The van der Waals surface area contributed by atoms with E-state index in [0.717, 1.165) is 25.7 Å². The van der Waals surface area contributed by atoms with E-state index in [1.807, 2.05) is 0 Å².